The van der Waals surface area contributed by atoms with Gasteiger partial charge in [-0.1, -0.05) is 36.0 Å². The number of thioether (sulfide) groups is 1. The first kappa shape index (κ1) is 25.0. The van der Waals surface area contributed by atoms with Crippen molar-refractivity contribution in [3.05, 3.63) is 57.8 Å². The number of carbonyl (C=O) groups excluding carboxylic acids is 2. The highest BCUT2D eigenvalue weighted by Crippen LogP contribution is 2.45. The average molecular weight is 473 g/mol. The Labute approximate surface area is 199 Å². The van der Waals surface area contributed by atoms with Crippen molar-refractivity contribution in [2.24, 2.45) is 4.99 Å². The Balaban J connectivity index is 1.91. The molecule has 0 spiro atoms. The fourth-order valence-corrected chi connectivity index (χ4v) is 4.72. The third-order valence-corrected chi connectivity index (χ3v) is 6.34. The average Bonchev–Trinajstić information content (AvgIpc) is 3.15. The number of benzene rings is 1. The number of hydrogen-bond donors (Lipinski definition) is 1. The molecule has 0 fully saturated rings. The molecule has 0 radical (unpaired) electrons. The minimum atomic E-state index is -0.426. The molecule has 2 heterocycles. The third kappa shape index (κ3) is 6.04. The molecule has 1 aromatic rings. The van der Waals surface area contributed by atoms with Crippen molar-refractivity contribution >= 4 is 28.8 Å². The normalized spacial score (nSPS) is 17.6. The number of hydrogen-bond acceptors (Lipinski definition) is 8. The Morgan fingerprint density at radius 3 is 2.67 bits per heavy atom. The number of likely N-dealkylation sites (N-methyl/N-ethyl adjacent to an activating group) is 1. The number of methoxy groups -OCH3 is 1. The van der Waals surface area contributed by atoms with Gasteiger partial charge in [0.1, 0.15) is 6.61 Å². The van der Waals surface area contributed by atoms with Crippen molar-refractivity contribution < 1.29 is 19.1 Å². The zero-order valence-corrected chi connectivity index (χ0v) is 20.7. The largest absolute Gasteiger partial charge is 0.460 e. The van der Waals surface area contributed by atoms with Crippen LogP contribution in [-0.4, -0.2) is 74.4 Å². The van der Waals surface area contributed by atoms with Crippen LogP contribution in [0, 0.1) is 6.92 Å². The summed E-state index contributed by atoms with van der Waals surface area (Å²) in [6.07, 6.45) is 0.201. The molecule has 0 bridgehead atoms. The van der Waals surface area contributed by atoms with Crippen LogP contribution < -0.4 is 5.32 Å². The second kappa shape index (κ2) is 11.5. The molecule has 1 atom stereocenters. The van der Waals surface area contributed by atoms with Crippen LogP contribution in [0.1, 0.15) is 30.5 Å². The van der Waals surface area contributed by atoms with Gasteiger partial charge in [0, 0.05) is 25.9 Å². The maximum atomic E-state index is 13.2. The van der Waals surface area contributed by atoms with E-state index in [1.165, 1.54) is 11.8 Å². The van der Waals surface area contributed by atoms with Crippen molar-refractivity contribution in [2.45, 2.75) is 26.3 Å². The van der Waals surface area contributed by atoms with Crippen molar-refractivity contribution in [3.63, 3.8) is 0 Å². The summed E-state index contributed by atoms with van der Waals surface area (Å²) in [6.45, 7) is 5.67. The Bertz CT molecular complexity index is 986. The summed E-state index contributed by atoms with van der Waals surface area (Å²) >= 11 is 1.47. The molecular formula is C24H32N4O4S. The lowest BCUT2D eigenvalue weighted by Crippen LogP contribution is -2.39. The van der Waals surface area contributed by atoms with Gasteiger partial charge in [-0.15, -0.1) is 0 Å². The van der Waals surface area contributed by atoms with E-state index in [-0.39, 0.29) is 18.9 Å². The Morgan fingerprint density at radius 1 is 1.21 bits per heavy atom. The lowest BCUT2D eigenvalue weighted by Gasteiger charge is -2.37. The summed E-state index contributed by atoms with van der Waals surface area (Å²) in [5.74, 6) is -0.490. The zero-order valence-electron chi connectivity index (χ0n) is 19.9. The number of aliphatic imine (C=N–C) groups is 1. The predicted molar refractivity (Wildman–Crippen MR) is 131 cm³/mol. The van der Waals surface area contributed by atoms with Crippen LogP contribution in [0.15, 0.2) is 51.6 Å². The Hall–Kier alpha value is -2.62. The van der Waals surface area contributed by atoms with E-state index in [1.807, 2.05) is 67.4 Å². The highest BCUT2D eigenvalue weighted by Gasteiger charge is 2.41. The van der Waals surface area contributed by atoms with Crippen molar-refractivity contribution in [1.82, 2.24) is 15.1 Å². The summed E-state index contributed by atoms with van der Waals surface area (Å²) in [5, 5.41) is 5.67. The molecule has 33 heavy (non-hydrogen) atoms. The van der Waals surface area contributed by atoms with Crippen LogP contribution in [0.4, 0.5) is 0 Å². The van der Waals surface area contributed by atoms with Gasteiger partial charge in [-0.25, -0.2) is 9.79 Å². The summed E-state index contributed by atoms with van der Waals surface area (Å²) in [6, 6.07) is 7.53. The lowest BCUT2D eigenvalue weighted by atomic mass is 9.91. The summed E-state index contributed by atoms with van der Waals surface area (Å²) in [4.78, 5) is 34.5. The number of nitrogens with zero attached hydrogens (tertiary/aromatic N) is 3. The maximum absolute atomic E-state index is 13.2. The Kier molecular flexibility index (Phi) is 8.71. The molecule has 8 nitrogen and oxygen atoms in total. The molecule has 0 aliphatic carbocycles. The molecule has 178 valence electrons. The molecule has 9 heteroatoms. The van der Waals surface area contributed by atoms with Gasteiger partial charge in [-0.2, -0.15) is 0 Å². The van der Waals surface area contributed by atoms with E-state index in [1.54, 1.807) is 7.11 Å². The number of fused-ring (bicyclic) bond motifs is 1. The summed E-state index contributed by atoms with van der Waals surface area (Å²) < 4.78 is 10.5. The molecule has 0 aromatic heterocycles. The molecule has 1 unspecified atom stereocenters. The van der Waals surface area contributed by atoms with Crippen molar-refractivity contribution in [1.29, 1.82) is 0 Å². The number of ether oxygens (including phenoxy) is 2. The smallest absolute Gasteiger partial charge is 0.338 e. The standard InChI is InChI=1S/C24H32N4O4S/c1-16-8-6-7-9-19(16)22-21(23(30)32-13-12-31-5)17(2)26-24-28(22)18(15-33-24)14-20(29)25-10-11-27(3)4/h6-9,15,22H,10-14H2,1-5H3,(H,25,29). The number of aryl methyl sites for hydroxylation is 1. The second-order valence-corrected chi connectivity index (χ2v) is 9.04. The van der Waals surface area contributed by atoms with Gasteiger partial charge in [-0.05, 0) is 44.5 Å². The van der Waals surface area contributed by atoms with Gasteiger partial charge >= 0.3 is 5.97 Å². The fraction of sp³-hybridized carbons (Fsp3) is 0.458. The minimum Gasteiger partial charge on any atom is -0.460 e. The summed E-state index contributed by atoms with van der Waals surface area (Å²) in [7, 11) is 5.49. The first-order valence-corrected chi connectivity index (χ1v) is 11.8. The molecule has 0 saturated carbocycles. The van der Waals surface area contributed by atoms with E-state index in [9.17, 15) is 9.59 Å². The molecule has 2 aliphatic heterocycles. The number of amides is 1. The number of allylic oxidation sites excluding steroid dienone is 1. The van der Waals surface area contributed by atoms with Gasteiger partial charge in [-0.3, -0.25) is 4.79 Å². The number of amidine groups is 1. The molecule has 2 aliphatic rings. The van der Waals surface area contributed by atoms with Gasteiger partial charge in [0.25, 0.3) is 0 Å². The van der Waals surface area contributed by atoms with Crippen molar-refractivity contribution in [3.8, 4) is 0 Å². The number of nitrogens with one attached hydrogen (secondary N) is 1. The van der Waals surface area contributed by atoms with E-state index in [2.05, 4.69) is 10.3 Å². The molecule has 1 N–H and O–H groups in total. The highest BCUT2D eigenvalue weighted by molar-refractivity contribution is 8.16. The first-order chi connectivity index (χ1) is 15.8. The molecule has 1 amide bonds. The molecular weight excluding hydrogens is 440 g/mol. The quantitative estimate of drug-likeness (QED) is 0.414. The summed E-state index contributed by atoms with van der Waals surface area (Å²) in [5.41, 5.74) is 3.93. The molecule has 1 aromatic carbocycles. The molecule has 0 saturated heterocycles. The van der Waals surface area contributed by atoms with Crippen LogP contribution in [0.25, 0.3) is 0 Å². The minimum absolute atomic E-state index is 0.0658. The SMILES string of the molecule is COCCOC(=O)C1=C(C)N=C2SC=C(CC(=O)NCCN(C)C)N2C1c1ccccc1C. The topological polar surface area (TPSA) is 83.5 Å². The first-order valence-electron chi connectivity index (χ1n) is 10.9. The van der Waals surface area contributed by atoms with E-state index >= 15 is 0 Å². The monoisotopic (exact) mass is 472 g/mol. The van der Waals surface area contributed by atoms with Crippen LogP contribution in [0.3, 0.4) is 0 Å². The molecule has 3 rings (SSSR count). The zero-order chi connectivity index (χ0) is 24.0. The second-order valence-electron chi connectivity index (χ2n) is 8.21. The van der Waals surface area contributed by atoms with Crippen LogP contribution in [0.5, 0.6) is 0 Å². The van der Waals surface area contributed by atoms with E-state index in [0.29, 0.717) is 24.4 Å². The van der Waals surface area contributed by atoms with E-state index in [4.69, 9.17) is 9.47 Å². The van der Waals surface area contributed by atoms with Gasteiger partial charge in [0.15, 0.2) is 5.17 Å². The number of carbonyl (C=O) groups is 2. The van der Waals surface area contributed by atoms with Gasteiger partial charge in [0.2, 0.25) is 5.91 Å². The number of rotatable bonds is 10. The van der Waals surface area contributed by atoms with Crippen molar-refractivity contribution in [2.75, 3.05) is 47.5 Å². The van der Waals surface area contributed by atoms with E-state index in [0.717, 1.165) is 28.5 Å². The maximum Gasteiger partial charge on any atom is 0.338 e. The van der Waals surface area contributed by atoms with Gasteiger partial charge < -0.3 is 24.6 Å². The highest BCUT2D eigenvalue weighted by atomic mass is 32.2. The number of esters is 1. The Morgan fingerprint density at radius 2 is 1.97 bits per heavy atom. The predicted octanol–water partition coefficient (Wildman–Crippen LogP) is 2.83. The van der Waals surface area contributed by atoms with Crippen LogP contribution in [-0.2, 0) is 19.1 Å². The lowest BCUT2D eigenvalue weighted by molar-refractivity contribution is -0.141. The van der Waals surface area contributed by atoms with Crippen LogP contribution in [0.2, 0.25) is 0 Å². The van der Waals surface area contributed by atoms with Crippen LogP contribution >= 0.6 is 11.8 Å². The fourth-order valence-electron chi connectivity index (χ4n) is 3.76. The third-order valence-electron chi connectivity index (χ3n) is 5.45. The van der Waals surface area contributed by atoms with Gasteiger partial charge in [0.05, 0.1) is 30.3 Å². The van der Waals surface area contributed by atoms with E-state index < -0.39 is 12.0 Å².